The molecule has 0 bridgehead atoms. The van der Waals surface area contributed by atoms with E-state index in [1.54, 1.807) is 0 Å². The van der Waals surface area contributed by atoms with Crippen molar-refractivity contribution in [3.05, 3.63) is 33.8 Å². The van der Waals surface area contributed by atoms with Crippen LogP contribution in [0, 0.1) is 5.92 Å². The monoisotopic (exact) mass is 414 g/mol. The van der Waals surface area contributed by atoms with E-state index in [4.69, 9.17) is 32.7 Å². The van der Waals surface area contributed by atoms with E-state index in [1.807, 2.05) is 18.2 Å². The number of alkyl halides is 1. The summed E-state index contributed by atoms with van der Waals surface area (Å²) < 4.78 is 12.7. The molecule has 106 valence electrons. The maximum Gasteiger partial charge on any atom is 0.0839 e. The number of ether oxygens (including phenoxy) is 2. The minimum Gasteiger partial charge on any atom is -0.374 e. The first kappa shape index (κ1) is 15.8. The molecule has 0 aromatic heterocycles. The van der Waals surface area contributed by atoms with Crippen LogP contribution >= 0.6 is 45.8 Å². The predicted octanol–water partition coefficient (Wildman–Crippen LogP) is 4.74. The number of benzene rings is 1. The molecule has 1 aliphatic heterocycles. The zero-order valence-corrected chi connectivity index (χ0v) is 14.4. The maximum absolute atomic E-state index is 6.10. The molecule has 1 aromatic carbocycles. The second-order valence-electron chi connectivity index (χ2n) is 4.88. The Morgan fingerprint density at radius 2 is 2.05 bits per heavy atom. The Hall–Kier alpha value is 0.450. The van der Waals surface area contributed by atoms with Crippen LogP contribution in [0.25, 0.3) is 0 Å². The molecule has 1 aromatic rings. The summed E-state index contributed by atoms with van der Waals surface area (Å²) in [5.41, 5.74) is 0.849. The SMILES string of the molecule is C[C@@H]1C[C@@H](CI)O[C@H]1COCc1c(Cl)cccc1Cl. The summed E-state index contributed by atoms with van der Waals surface area (Å²) >= 11 is 14.6. The van der Waals surface area contributed by atoms with Gasteiger partial charge in [0.2, 0.25) is 0 Å². The maximum atomic E-state index is 6.10. The fraction of sp³-hybridized carbons (Fsp3) is 0.571. The first-order valence-corrected chi connectivity index (χ1v) is 8.62. The Balaban J connectivity index is 1.84. The van der Waals surface area contributed by atoms with Crippen LogP contribution in [0.1, 0.15) is 18.9 Å². The van der Waals surface area contributed by atoms with Crippen LogP contribution < -0.4 is 0 Å². The van der Waals surface area contributed by atoms with E-state index >= 15 is 0 Å². The largest absolute Gasteiger partial charge is 0.374 e. The average molecular weight is 415 g/mol. The molecule has 2 nitrogen and oxygen atoms in total. The molecule has 0 saturated carbocycles. The lowest BCUT2D eigenvalue weighted by Gasteiger charge is -2.16. The first-order valence-electron chi connectivity index (χ1n) is 6.34. The number of hydrogen-bond donors (Lipinski definition) is 0. The zero-order chi connectivity index (χ0) is 13.8. The molecule has 0 aliphatic carbocycles. The van der Waals surface area contributed by atoms with Crippen molar-refractivity contribution >= 4 is 45.8 Å². The fourth-order valence-corrected chi connectivity index (χ4v) is 3.33. The number of halogens is 3. The Bertz CT molecular complexity index is 408. The third-order valence-electron chi connectivity index (χ3n) is 3.40. The highest BCUT2D eigenvalue weighted by Crippen LogP contribution is 2.29. The van der Waals surface area contributed by atoms with Gasteiger partial charge in [-0.3, -0.25) is 0 Å². The normalized spacial score (nSPS) is 26.8. The van der Waals surface area contributed by atoms with E-state index in [9.17, 15) is 0 Å². The van der Waals surface area contributed by atoms with Crippen LogP contribution in [0.3, 0.4) is 0 Å². The van der Waals surface area contributed by atoms with Gasteiger partial charge in [-0.25, -0.2) is 0 Å². The Labute approximate surface area is 137 Å². The summed E-state index contributed by atoms with van der Waals surface area (Å²) in [4.78, 5) is 0. The van der Waals surface area contributed by atoms with E-state index in [1.165, 1.54) is 0 Å². The molecule has 0 unspecified atom stereocenters. The molecule has 0 N–H and O–H groups in total. The molecule has 0 spiro atoms. The highest BCUT2D eigenvalue weighted by atomic mass is 127. The predicted molar refractivity (Wildman–Crippen MR) is 87.4 cm³/mol. The van der Waals surface area contributed by atoms with Gasteiger partial charge in [-0.2, -0.15) is 0 Å². The molecule has 5 heteroatoms. The summed E-state index contributed by atoms with van der Waals surface area (Å²) in [7, 11) is 0. The molecule has 0 amide bonds. The molecule has 1 saturated heterocycles. The summed E-state index contributed by atoms with van der Waals surface area (Å²) in [6, 6.07) is 5.49. The van der Waals surface area contributed by atoms with Crippen LogP contribution in [0.15, 0.2) is 18.2 Å². The summed E-state index contributed by atoms with van der Waals surface area (Å²) in [5, 5.41) is 1.30. The van der Waals surface area contributed by atoms with Crippen LogP contribution in [0.5, 0.6) is 0 Å². The second kappa shape index (κ2) is 7.46. The lowest BCUT2D eigenvalue weighted by molar-refractivity contribution is -0.0223. The molecular weight excluding hydrogens is 398 g/mol. The van der Waals surface area contributed by atoms with Crippen molar-refractivity contribution in [3.63, 3.8) is 0 Å². The minimum absolute atomic E-state index is 0.182. The Morgan fingerprint density at radius 3 is 2.63 bits per heavy atom. The number of rotatable bonds is 5. The molecule has 19 heavy (non-hydrogen) atoms. The lowest BCUT2D eigenvalue weighted by Crippen LogP contribution is -2.21. The van der Waals surface area contributed by atoms with Crippen molar-refractivity contribution in [2.24, 2.45) is 5.92 Å². The average Bonchev–Trinajstić information content (AvgIpc) is 2.74. The van der Waals surface area contributed by atoms with Crippen molar-refractivity contribution in [3.8, 4) is 0 Å². The van der Waals surface area contributed by atoms with Gasteiger partial charge >= 0.3 is 0 Å². The molecule has 1 heterocycles. The third kappa shape index (κ3) is 4.21. The smallest absolute Gasteiger partial charge is 0.0839 e. The van der Waals surface area contributed by atoms with Gasteiger partial charge in [0.15, 0.2) is 0 Å². The van der Waals surface area contributed by atoms with Crippen molar-refractivity contribution in [1.29, 1.82) is 0 Å². The third-order valence-corrected chi connectivity index (χ3v) is 5.09. The van der Waals surface area contributed by atoms with Gasteiger partial charge in [-0.05, 0) is 24.5 Å². The van der Waals surface area contributed by atoms with Crippen LogP contribution in [0.4, 0.5) is 0 Å². The van der Waals surface area contributed by atoms with E-state index in [0.29, 0.717) is 35.3 Å². The van der Waals surface area contributed by atoms with E-state index in [0.717, 1.165) is 16.4 Å². The molecule has 2 rings (SSSR count). The zero-order valence-electron chi connectivity index (χ0n) is 10.7. The van der Waals surface area contributed by atoms with Crippen LogP contribution in [0.2, 0.25) is 10.0 Å². The van der Waals surface area contributed by atoms with Crippen LogP contribution in [-0.2, 0) is 16.1 Å². The van der Waals surface area contributed by atoms with Gasteiger partial charge in [0.25, 0.3) is 0 Å². The van der Waals surface area contributed by atoms with Crippen LogP contribution in [-0.4, -0.2) is 23.2 Å². The van der Waals surface area contributed by atoms with Crippen molar-refractivity contribution in [1.82, 2.24) is 0 Å². The Morgan fingerprint density at radius 1 is 1.37 bits per heavy atom. The highest BCUT2D eigenvalue weighted by molar-refractivity contribution is 14.1. The first-order chi connectivity index (χ1) is 9.11. The highest BCUT2D eigenvalue weighted by Gasteiger charge is 2.31. The summed E-state index contributed by atoms with van der Waals surface area (Å²) in [6.07, 6.45) is 1.67. The van der Waals surface area contributed by atoms with Gasteiger partial charge in [0, 0.05) is 20.0 Å². The molecule has 3 atom stereocenters. The van der Waals surface area contributed by atoms with E-state index in [-0.39, 0.29) is 6.10 Å². The van der Waals surface area contributed by atoms with Crippen molar-refractivity contribution in [2.45, 2.75) is 32.2 Å². The van der Waals surface area contributed by atoms with Crippen molar-refractivity contribution < 1.29 is 9.47 Å². The Kier molecular flexibility index (Phi) is 6.21. The molecule has 1 aliphatic rings. The summed E-state index contributed by atoms with van der Waals surface area (Å²) in [5.74, 6) is 0.543. The fourth-order valence-electron chi connectivity index (χ4n) is 2.25. The molecule has 0 radical (unpaired) electrons. The second-order valence-corrected chi connectivity index (χ2v) is 6.57. The number of hydrogen-bond acceptors (Lipinski definition) is 2. The van der Waals surface area contributed by atoms with Gasteiger partial charge in [0.1, 0.15) is 0 Å². The van der Waals surface area contributed by atoms with Gasteiger partial charge < -0.3 is 9.47 Å². The topological polar surface area (TPSA) is 18.5 Å². The van der Waals surface area contributed by atoms with Crippen molar-refractivity contribution in [2.75, 3.05) is 11.0 Å². The van der Waals surface area contributed by atoms with E-state index < -0.39 is 0 Å². The quantitative estimate of drug-likeness (QED) is 0.511. The molecule has 1 fully saturated rings. The van der Waals surface area contributed by atoms with Gasteiger partial charge in [-0.1, -0.05) is 58.8 Å². The molecular formula is C14H17Cl2IO2. The minimum atomic E-state index is 0.182. The standard InChI is InChI=1S/C14H17Cl2IO2/c1-9-5-10(6-17)19-14(9)8-18-7-11-12(15)3-2-4-13(11)16/h2-4,9-10,14H,5-8H2,1H3/t9-,10+,14+/m1/s1. The lowest BCUT2D eigenvalue weighted by atomic mass is 10.0. The van der Waals surface area contributed by atoms with Gasteiger partial charge in [0.05, 0.1) is 25.4 Å². The van der Waals surface area contributed by atoms with Gasteiger partial charge in [-0.15, -0.1) is 0 Å². The van der Waals surface area contributed by atoms with E-state index in [2.05, 4.69) is 29.5 Å². The summed E-state index contributed by atoms with van der Waals surface area (Å²) in [6.45, 7) is 3.23.